The van der Waals surface area contributed by atoms with E-state index in [1.165, 1.54) is 6.07 Å². The maximum Gasteiger partial charge on any atom is 0.573 e. The van der Waals surface area contributed by atoms with Gasteiger partial charge in [0.05, 0.1) is 0 Å². The van der Waals surface area contributed by atoms with Crippen LogP contribution < -0.4 is 10.5 Å². The van der Waals surface area contributed by atoms with Gasteiger partial charge in [0, 0.05) is 6.07 Å². The molecule has 1 aromatic heterocycles. The number of ether oxygens (including phenoxy) is 1. The van der Waals surface area contributed by atoms with Crippen molar-refractivity contribution >= 4 is 5.82 Å². The molecule has 8 heteroatoms. The minimum atomic E-state index is -5.05. The quantitative estimate of drug-likeness (QED) is 0.730. The fraction of sp³-hybridized carbons (Fsp3) is 0.143. The van der Waals surface area contributed by atoms with Crippen LogP contribution in [-0.4, -0.2) is 11.3 Å². The van der Waals surface area contributed by atoms with Gasteiger partial charge < -0.3 is 10.5 Å². The van der Waals surface area contributed by atoms with Crippen molar-refractivity contribution in [3.8, 4) is 11.8 Å². The van der Waals surface area contributed by atoms with Gasteiger partial charge in [-0.1, -0.05) is 0 Å². The summed E-state index contributed by atoms with van der Waals surface area (Å²) < 4.78 is 51.6. The summed E-state index contributed by atoms with van der Waals surface area (Å²) in [6.45, 7) is 0. The number of hydrogen-bond acceptors (Lipinski definition) is 4. The number of halogens is 4. The Kier molecular flexibility index (Phi) is 2.65. The molecule has 80 valence electrons. The lowest BCUT2D eigenvalue weighted by molar-refractivity contribution is -0.275. The van der Waals surface area contributed by atoms with E-state index < -0.39 is 29.4 Å². The maximum atomic E-state index is 13.0. The maximum absolute atomic E-state index is 13.0. The lowest BCUT2D eigenvalue weighted by Gasteiger charge is -2.10. The fourth-order valence-electron chi connectivity index (χ4n) is 0.798. The van der Waals surface area contributed by atoms with E-state index >= 15 is 0 Å². The van der Waals surface area contributed by atoms with Gasteiger partial charge in [-0.25, -0.2) is 4.98 Å². The molecule has 0 aromatic carbocycles. The number of aromatic nitrogens is 1. The van der Waals surface area contributed by atoms with Crippen LogP contribution in [0.5, 0.6) is 5.75 Å². The summed E-state index contributed by atoms with van der Waals surface area (Å²) in [5.74, 6) is -3.11. The zero-order chi connectivity index (χ0) is 11.6. The Morgan fingerprint density at radius 3 is 2.53 bits per heavy atom. The molecule has 15 heavy (non-hydrogen) atoms. The molecule has 0 saturated carbocycles. The third kappa shape index (κ3) is 2.70. The highest BCUT2D eigenvalue weighted by Gasteiger charge is 2.33. The second-order valence-corrected chi connectivity index (χ2v) is 2.37. The van der Waals surface area contributed by atoms with E-state index in [0.717, 1.165) is 0 Å². The predicted octanol–water partition coefficient (Wildman–Crippen LogP) is 1.57. The van der Waals surface area contributed by atoms with Crippen molar-refractivity contribution in [3.05, 3.63) is 17.6 Å². The van der Waals surface area contributed by atoms with Gasteiger partial charge in [0.2, 0.25) is 5.82 Å². The van der Waals surface area contributed by atoms with Crippen LogP contribution >= 0.6 is 0 Å². The van der Waals surface area contributed by atoms with Crippen LogP contribution in [-0.2, 0) is 0 Å². The third-order valence-electron chi connectivity index (χ3n) is 1.28. The van der Waals surface area contributed by atoms with Crippen molar-refractivity contribution in [2.45, 2.75) is 6.36 Å². The molecule has 0 spiro atoms. The smallest absolute Gasteiger partial charge is 0.402 e. The topological polar surface area (TPSA) is 71.9 Å². The fourth-order valence-corrected chi connectivity index (χ4v) is 0.798. The number of nitrogen functional groups attached to an aromatic ring is 1. The molecule has 1 rings (SSSR count). The molecule has 2 N–H and O–H groups in total. The van der Waals surface area contributed by atoms with E-state index in [2.05, 4.69) is 9.72 Å². The third-order valence-corrected chi connectivity index (χ3v) is 1.28. The van der Waals surface area contributed by atoms with Gasteiger partial charge in [-0.3, -0.25) is 0 Å². The molecule has 0 atom stereocenters. The summed E-state index contributed by atoms with van der Waals surface area (Å²) in [7, 11) is 0. The molecule has 0 radical (unpaired) electrons. The Labute approximate surface area is 80.9 Å². The van der Waals surface area contributed by atoms with Crippen LogP contribution in [0.4, 0.5) is 23.4 Å². The SMILES string of the molecule is N#Cc1nc(N)cc(OC(F)(F)F)c1F. The normalized spacial score (nSPS) is 10.9. The standard InChI is InChI=1S/C7H3F4N3O/c8-6-3(2-12)14-5(13)1-4(6)15-7(9,10)11/h1H,(H2,13,14). The molecule has 1 aromatic rings. The number of nitrogens with zero attached hydrogens (tertiary/aromatic N) is 2. The molecule has 4 nitrogen and oxygen atoms in total. The summed E-state index contributed by atoms with van der Waals surface area (Å²) in [4.78, 5) is 3.18. The Hall–Kier alpha value is -2.04. The molecule has 0 saturated heterocycles. The molecule has 0 unspecified atom stereocenters. The summed E-state index contributed by atoms with van der Waals surface area (Å²) in [5.41, 5.74) is 4.19. The van der Waals surface area contributed by atoms with Gasteiger partial charge in [-0.15, -0.1) is 13.2 Å². The summed E-state index contributed by atoms with van der Waals surface area (Å²) in [6, 6.07) is 1.79. The van der Waals surface area contributed by atoms with E-state index in [1.54, 1.807) is 0 Å². The Balaban J connectivity index is 3.20. The van der Waals surface area contributed by atoms with Crippen molar-refractivity contribution in [1.29, 1.82) is 5.26 Å². The van der Waals surface area contributed by atoms with Crippen LogP contribution in [0.15, 0.2) is 6.07 Å². The van der Waals surface area contributed by atoms with Crippen molar-refractivity contribution in [2.75, 3.05) is 5.73 Å². The number of nitriles is 1. The minimum Gasteiger partial charge on any atom is -0.402 e. The first-order chi connectivity index (χ1) is 6.83. The lowest BCUT2D eigenvalue weighted by Crippen LogP contribution is -2.18. The second-order valence-electron chi connectivity index (χ2n) is 2.37. The largest absolute Gasteiger partial charge is 0.573 e. The molecule has 0 aliphatic carbocycles. The number of anilines is 1. The molecule has 0 aliphatic rings. The molecule has 0 amide bonds. The van der Waals surface area contributed by atoms with E-state index in [9.17, 15) is 17.6 Å². The molecular formula is C7H3F4N3O. The van der Waals surface area contributed by atoms with Crippen LogP contribution in [0.25, 0.3) is 0 Å². The molecular weight excluding hydrogens is 218 g/mol. The van der Waals surface area contributed by atoms with E-state index in [0.29, 0.717) is 6.07 Å². The van der Waals surface area contributed by atoms with E-state index in [4.69, 9.17) is 11.0 Å². The summed E-state index contributed by atoms with van der Waals surface area (Å²) >= 11 is 0. The Bertz CT molecular complexity index is 423. The average molecular weight is 221 g/mol. The lowest BCUT2D eigenvalue weighted by atomic mass is 10.3. The molecule has 0 bridgehead atoms. The Morgan fingerprint density at radius 2 is 2.07 bits per heavy atom. The summed E-state index contributed by atoms with van der Waals surface area (Å²) in [5, 5.41) is 8.32. The number of alkyl halides is 3. The molecule has 1 heterocycles. The van der Waals surface area contributed by atoms with Crippen LogP contribution in [0.2, 0.25) is 0 Å². The van der Waals surface area contributed by atoms with Crippen LogP contribution in [0.1, 0.15) is 5.69 Å². The first-order valence-corrected chi connectivity index (χ1v) is 3.45. The van der Waals surface area contributed by atoms with E-state index in [-0.39, 0.29) is 0 Å². The van der Waals surface area contributed by atoms with Crippen molar-refractivity contribution < 1.29 is 22.3 Å². The van der Waals surface area contributed by atoms with Gasteiger partial charge in [-0.05, 0) is 0 Å². The zero-order valence-corrected chi connectivity index (χ0v) is 6.97. The predicted molar refractivity (Wildman–Crippen MR) is 40.0 cm³/mol. The highest BCUT2D eigenvalue weighted by molar-refractivity contribution is 5.43. The molecule has 0 fully saturated rings. The summed E-state index contributed by atoms with van der Waals surface area (Å²) in [6.07, 6.45) is -5.05. The monoisotopic (exact) mass is 221 g/mol. The van der Waals surface area contributed by atoms with E-state index in [1.807, 2.05) is 0 Å². The highest BCUT2D eigenvalue weighted by atomic mass is 19.4. The number of hydrogen-bond donors (Lipinski definition) is 1. The van der Waals surface area contributed by atoms with Gasteiger partial charge >= 0.3 is 6.36 Å². The van der Waals surface area contributed by atoms with Crippen LogP contribution in [0, 0.1) is 17.1 Å². The van der Waals surface area contributed by atoms with Crippen molar-refractivity contribution in [1.82, 2.24) is 4.98 Å². The van der Waals surface area contributed by atoms with Crippen molar-refractivity contribution in [3.63, 3.8) is 0 Å². The average Bonchev–Trinajstić information content (AvgIpc) is 2.08. The van der Waals surface area contributed by atoms with Gasteiger partial charge in [0.15, 0.2) is 11.4 Å². The number of pyridine rings is 1. The number of rotatable bonds is 1. The second kappa shape index (κ2) is 3.61. The van der Waals surface area contributed by atoms with Crippen molar-refractivity contribution in [2.24, 2.45) is 0 Å². The first-order valence-electron chi connectivity index (χ1n) is 3.45. The zero-order valence-electron chi connectivity index (χ0n) is 6.97. The van der Waals surface area contributed by atoms with Gasteiger partial charge in [0.1, 0.15) is 11.9 Å². The van der Waals surface area contributed by atoms with Gasteiger partial charge in [-0.2, -0.15) is 9.65 Å². The Morgan fingerprint density at radius 1 is 1.47 bits per heavy atom. The van der Waals surface area contributed by atoms with Gasteiger partial charge in [0.25, 0.3) is 0 Å². The van der Waals surface area contributed by atoms with Crippen LogP contribution in [0.3, 0.4) is 0 Å². The highest BCUT2D eigenvalue weighted by Crippen LogP contribution is 2.27. The minimum absolute atomic E-state index is 0.438. The first kappa shape index (κ1) is 11.0. The number of nitrogens with two attached hydrogens (primary N) is 1. The molecule has 0 aliphatic heterocycles.